The van der Waals surface area contributed by atoms with Gasteiger partial charge in [0.1, 0.15) is 18.0 Å². The Morgan fingerprint density at radius 2 is 1.33 bits per heavy atom. The zero-order chi connectivity index (χ0) is 20.6. The molecule has 3 heterocycles. The van der Waals surface area contributed by atoms with E-state index < -0.39 is 10.0 Å². The summed E-state index contributed by atoms with van der Waals surface area (Å²) in [5, 5.41) is 0. The van der Waals surface area contributed by atoms with Gasteiger partial charge in [-0.2, -0.15) is 4.31 Å². The van der Waals surface area contributed by atoms with Crippen LogP contribution >= 0.6 is 0 Å². The molecule has 7 nitrogen and oxygen atoms in total. The highest BCUT2D eigenvalue weighted by molar-refractivity contribution is 7.89. The van der Waals surface area contributed by atoms with Crippen molar-refractivity contribution in [3.05, 3.63) is 41.7 Å². The first-order chi connectivity index (χ1) is 14.6. The highest BCUT2D eigenvalue weighted by Gasteiger charge is 2.30. The molecule has 2 aliphatic heterocycles. The normalized spacial score (nSPS) is 20.4. The lowest BCUT2D eigenvalue weighted by Crippen LogP contribution is -2.49. The Labute approximate surface area is 178 Å². The van der Waals surface area contributed by atoms with Crippen molar-refractivity contribution in [2.75, 3.05) is 49.1 Å². The van der Waals surface area contributed by atoms with Crippen LogP contribution in [0.3, 0.4) is 0 Å². The summed E-state index contributed by atoms with van der Waals surface area (Å²) in [5.41, 5.74) is 2.51. The van der Waals surface area contributed by atoms with E-state index in [-0.39, 0.29) is 0 Å². The summed E-state index contributed by atoms with van der Waals surface area (Å²) in [6.07, 6.45) is 8.43. The Morgan fingerprint density at radius 3 is 2.03 bits per heavy atom. The third-order valence-corrected chi connectivity index (χ3v) is 8.48. The fourth-order valence-electron chi connectivity index (χ4n) is 4.81. The van der Waals surface area contributed by atoms with E-state index in [1.165, 1.54) is 30.4 Å². The van der Waals surface area contributed by atoms with Crippen LogP contribution in [0.4, 0.5) is 11.6 Å². The molecule has 0 amide bonds. The largest absolute Gasteiger partial charge is 0.356 e. The Hall–Kier alpha value is -2.19. The lowest BCUT2D eigenvalue weighted by Gasteiger charge is -2.35. The van der Waals surface area contributed by atoms with Crippen molar-refractivity contribution in [3.8, 4) is 0 Å². The molecule has 3 aliphatic rings. The molecule has 0 atom stereocenters. The smallest absolute Gasteiger partial charge is 0.243 e. The van der Waals surface area contributed by atoms with Gasteiger partial charge in [0.15, 0.2) is 0 Å². The second-order valence-electron chi connectivity index (χ2n) is 8.46. The van der Waals surface area contributed by atoms with Gasteiger partial charge in [-0.15, -0.1) is 0 Å². The maximum Gasteiger partial charge on any atom is 0.243 e. The maximum absolute atomic E-state index is 13.2. The molecule has 5 rings (SSSR count). The van der Waals surface area contributed by atoms with Crippen LogP contribution in [0.25, 0.3) is 0 Å². The predicted octanol–water partition coefficient (Wildman–Crippen LogP) is 2.47. The van der Waals surface area contributed by atoms with E-state index in [1.807, 2.05) is 18.2 Å². The fourth-order valence-corrected chi connectivity index (χ4v) is 6.28. The number of hydrogen-bond donors (Lipinski definition) is 0. The van der Waals surface area contributed by atoms with E-state index in [1.54, 1.807) is 16.7 Å². The second-order valence-corrected chi connectivity index (χ2v) is 10.4. The van der Waals surface area contributed by atoms with Crippen molar-refractivity contribution in [1.82, 2.24) is 14.3 Å². The van der Waals surface area contributed by atoms with Crippen LogP contribution in [0.5, 0.6) is 0 Å². The van der Waals surface area contributed by atoms with E-state index in [2.05, 4.69) is 19.8 Å². The van der Waals surface area contributed by atoms with Crippen LogP contribution < -0.4 is 9.80 Å². The van der Waals surface area contributed by atoms with Crippen molar-refractivity contribution < 1.29 is 8.42 Å². The summed E-state index contributed by atoms with van der Waals surface area (Å²) in [7, 11) is -3.46. The molecule has 1 aliphatic carbocycles. The number of aromatic nitrogens is 2. The van der Waals surface area contributed by atoms with Gasteiger partial charge in [-0.05, 0) is 61.8 Å². The molecule has 0 N–H and O–H groups in total. The number of hydrogen-bond acceptors (Lipinski definition) is 6. The van der Waals surface area contributed by atoms with Gasteiger partial charge < -0.3 is 9.80 Å². The summed E-state index contributed by atoms with van der Waals surface area (Å²) < 4.78 is 28.1. The topological polar surface area (TPSA) is 69.6 Å². The quantitative estimate of drug-likeness (QED) is 0.747. The average Bonchev–Trinajstić information content (AvgIpc) is 3.34. The minimum Gasteiger partial charge on any atom is -0.356 e. The monoisotopic (exact) mass is 427 g/mol. The van der Waals surface area contributed by atoms with Crippen molar-refractivity contribution in [3.63, 3.8) is 0 Å². The van der Waals surface area contributed by atoms with Crippen LogP contribution in [0.1, 0.15) is 36.8 Å². The molecule has 0 bridgehead atoms. The second kappa shape index (κ2) is 8.15. The molecule has 0 saturated carbocycles. The Kier molecular flexibility index (Phi) is 5.37. The van der Waals surface area contributed by atoms with Crippen LogP contribution in [-0.4, -0.2) is 62.0 Å². The molecule has 0 unspecified atom stereocenters. The molecule has 160 valence electrons. The number of anilines is 2. The van der Waals surface area contributed by atoms with Crippen LogP contribution in [0, 0.1) is 0 Å². The van der Waals surface area contributed by atoms with Crippen LogP contribution in [0.2, 0.25) is 0 Å². The van der Waals surface area contributed by atoms with Gasteiger partial charge in [0.05, 0.1) is 4.90 Å². The van der Waals surface area contributed by atoms with Crippen molar-refractivity contribution in [2.45, 2.75) is 43.4 Å². The predicted molar refractivity (Wildman–Crippen MR) is 118 cm³/mol. The number of rotatable bonds is 4. The van der Waals surface area contributed by atoms with E-state index >= 15 is 0 Å². The summed E-state index contributed by atoms with van der Waals surface area (Å²) in [6.45, 7) is 4.32. The molecule has 2 aromatic rings. The van der Waals surface area contributed by atoms with Crippen molar-refractivity contribution in [1.29, 1.82) is 0 Å². The molecule has 1 aromatic heterocycles. The number of nitrogens with zero attached hydrogens (tertiary/aromatic N) is 5. The standard InChI is InChI=1S/C22H29N5O2S/c28-30(29,20-8-7-18-5-1-2-6-19(18)15-20)27-13-11-26(12-14-27)22-16-21(23-17-24-22)25-9-3-4-10-25/h7-8,15-17H,1-6,9-14H2. The Morgan fingerprint density at radius 1 is 0.700 bits per heavy atom. The molecular weight excluding hydrogens is 398 g/mol. The zero-order valence-corrected chi connectivity index (χ0v) is 18.1. The molecule has 8 heteroatoms. The van der Waals surface area contributed by atoms with Gasteiger partial charge in [-0.1, -0.05) is 6.07 Å². The number of fused-ring (bicyclic) bond motifs is 1. The highest BCUT2D eigenvalue weighted by Crippen LogP contribution is 2.27. The third-order valence-electron chi connectivity index (χ3n) is 6.59. The van der Waals surface area contributed by atoms with E-state index in [0.29, 0.717) is 31.1 Å². The molecule has 2 saturated heterocycles. The van der Waals surface area contributed by atoms with E-state index in [4.69, 9.17) is 0 Å². The molecule has 1 aromatic carbocycles. The third kappa shape index (κ3) is 3.78. The maximum atomic E-state index is 13.2. The van der Waals surface area contributed by atoms with Crippen LogP contribution in [0.15, 0.2) is 35.5 Å². The molecular formula is C22H29N5O2S. The van der Waals surface area contributed by atoms with Gasteiger partial charge in [0.2, 0.25) is 10.0 Å². The fraction of sp³-hybridized carbons (Fsp3) is 0.545. The minimum absolute atomic E-state index is 0.440. The molecule has 30 heavy (non-hydrogen) atoms. The zero-order valence-electron chi connectivity index (χ0n) is 17.3. The molecule has 2 fully saturated rings. The summed E-state index contributed by atoms with van der Waals surface area (Å²) in [4.78, 5) is 13.8. The van der Waals surface area contributed by atoms with E-state index in [9.17, 15) is 8.42 Å². The highest BCUT2D eigenvalue weighted by atomic mass is 32.2. The van der Waals surface area contributed by atoms with Gasteiger partial charge in [-0.25, -0.2) is 18.4 Å². The molecule has 0 radical (unpaired) electrons. The summed E-state index contributed by atoms with van der Waals surface area (Å²) >= 11 is 0. The summed E-state index contributed by atoms with van der Waals surface area (Å²) in [5.74, 6) is 1.86. The van der Waals surface area contributed by atoms with Gasteiger partial charge in [-0.3, -0.25) is 0 Å². The first kappa shape index (κ1) is 19.8. The van der Waals surface area contributed by atoms with Crippen molar-refractivity contribution >= 4 is 21.7 Å². The lowest BCUT2D eigenvalue weighted by atomic mass is 9.92. The average molecular weight is 428 g/mol. The number of piperazine rings is 1. The minimum atomic E-state index is -3.46. The Balaban J connectivity index is 1.28. The van der Waals surface area contributed by atoms with E-state index in [0.717, 1.165) is 44.0 Å². The molecule has 0 spiro atoms. The van der Waals surface area contributed by atoms with Crippen LogP contribution in [-0.2, 0) is 22.9 Å². The number of aryl methyl sites for hydroxylation is 2. The van der Waals surface area contributed by atoms with Gasteiger partial charge in [0, 0.05) is 45.3 Å². The van der Waals surface area contributed by atoms with Gasteiger partial charge >= 0.3 is 0 Å². The first-order valence-corrected chi connectivity index (χ1v) is 12.5. The Bertz CT molecular complexity index is 1010. The number of sulfonamides is 1. The SMILES string of the molecule is O=S(=O)(c1ccc2c(c1)CCCC2)N1CCN(c2cc(N3CCCC3)ncn2)CC1. The lowest BCUT2D eigenvalue weighted by molar-refractivity contribution is 0.383. The summed E-state index contributed by atoms with van der Waals surface area (Å²) in [6, 6.07) is 7.75. The van der Waals surface area contributed by atoms with Gasteiger partial charge in [0.25, 0.3) is 0 Å². The first-order valence-electron chi connectivity index (χ1n) is 11.1. The number of benzene rings is 1. The van der Waals surface area contributed by atoms with Crippen molar-refractivity contribution in [2.24, 2.45) is 0 Å².